The van der Waals surface area contributed by atoms with Gasteiger partial charge in [0.25, 0.3) is 0 Å². The molecule has 1 N–H and O–H groups in total. The molecule has 86 valence electrons. The van der Waals surface area contributed by atoms with Gasteiger partial charge in [0.1, 0.15) is 0 Å². The van der Waals surface area contributed by atoms with Gasteiger partial charge in [-0.2, -0.15) is 0 Å². The molecule has 3 atom stereocenters. The minimum atomic E-state index is 0.293. The molecule has 2 fully saturated rings. The van der Waals surface area contributed by atoms with Crippen LogP contribution in [0.25, 0.3) is 0 Å². The van der Waals surface area contributed by atoms with Crippen LogP contribution in [0.4, 0.5) is 0 Å². The predicted octanol–water partition coefficient (Wildman–Crippen LogP) is 1.59. The predicted molar refractivity (Wildman–Crippen MR) is 60.3 cm³/mol. The van der Waals surface area contributed by atoms with Crippen molar-refractivity contribution < 1.29 is 4.79 Å². The largest absolute Gasteiger partial charge is 0.326 e. The lowest BCUT2D eigenvalue weighted by Crippen LogP contribution is -2.40. The standard InChI is InChI=1S/C12H22N2O/c1-3-11-13-7-12(15)14(11)8-10-6-4-5-9(10)2/h9-11,13H,3-8H2,1-2H3. The van der Waals surface area contributed by atoms with E-state index in [1.165, 1.54) is 19.3 Å². The number of amides is 1. The molecule has 1 saturated heterocycles. The van der Waals surface area contributed by atoms with E-state index in [1.807, 2.05) is 0 Å². The van der Waals surface area contributed by atoms with Gasteiger partial charge in [-0.3, -0.25) is 10.1 Å². The molecule has 1 aliphatic carbocycles. The second-order valence-corrected chi connectivity index (χ2v) is 5.02. The zero-order chi connectivity index (χ0) is 10.8. The third kappa shape index (κ3) is 2.17. The van der Waals surface area contributed by atoms with Crippen LogP contribution in [0.3, 0.4) is 0 Å². The van der Waals surface area contributed by atoms with Crippen LogP contribution in [0.5, 0.6) is 0 Å². The highest BCUT2D eigenvalue weighted by atomic mass is 16.2. The monoisotopic (exact) mass is 210 g/mol. The SMILES string of the molecule is CCC1NCC(=O)N1CC1CCCC1C. The van der Waals surface area contributed by atoms with Crippen LogP contribution in [0, 0.1) is 11.8 Å². The number of hydrogen-bond acceptors (Lipinski definition) is 2. The highest BCUT2D eigenvalue weighted by Crippen LogP contribution is 2.32. The van der Waals surface area contributed by atoms with Gasteiger partial charge in [-0.15, -0.1) is 0 Å². The maximum Gasteiger partial charge on any atom is 0.237 e. The summed E-state index contributed by atoms with van der Waals surface area (Å²) in [5.74, 6) is 1.83. The molecular formula is C12H22N2O. The van der Waals surface area contributed by atoms with Crippen LogP contribution < -0.4 is 5.32 Å². The number of nitrogens with zero attached hydrogens (tertiary/aromatic N) is 1. The summed E-state index contributed by atoms with van der Waals surface area (Å²) >= 11 is 0. The van der Waals surface area contributed by atoms with Gasteiger partial charge in [0.05, 0.1) is 12.7 Å². The topological polar surface area (TPSA) is 32.3 Å². The van der Waals surface area contributed by atoms with Crippen LogP contribution >= 0.6 is 0 Å². The van der Waals surface area contributed by atoms with Gasteiger partial charge >= 0.3 is 0 Å². The Hall–Kier alpha value is -0.570. The summed E-state index contributed by atoms with van der Waals surface area (Å²) < 4.78 is 0. The van der Waals surface area contributed by atoms with Crippen molar-refractivity contribution in [3.63, 3.8) is 0 Å². The lowest BCUT2D eigenvalue weighted by Gasteiger charge is -2.28. The number of nitrogens with one attached hydrogen (secondary N) is 1. The minimum Gasteiger partial charge on any atom is -0.326 e. The average Bonchev–Trinajstić information content (AvgIpc) is 2.77. The first-order valence-electron chi connectivity index (χ1n) is 6.25. The van der Waals surface area contributed by atoms with Crippen molar-refractivity contribution in [1.29, 1.82) is 0 Å². The summed E-state index contributed by atoms with van der Waals surface area (Å²) in [6.45, 7) is 5.99. The Morgan fingerprint density at radius 1 is 1.47 bits per heavy atom. The Morgan fingerprint density at radius 3 is 2.87 bits per heavy atom. The summed E-state index contributed by atoms with van der Waals surface area (Å²) in [6, 6.07) is 0. The Kier molecular flexibility index (Phi) is 3.29. The van der Waals surface area contributed by atoms with Gasteiger partial charge in [-0.25, -0.2) is 0 Å². The summed E-state index contributed by atoms with van der Waals surface area (Å²) in [7, 11) is 0. The van der Waals surface area contributed by atoms with Gasteiger partial charge in [0.15, 0.2) is 0 Å². The average molecular weight is 210 g/mol. The molecule has 3 heteroatoms. The summed E-state index contributed by atoms with van der Waals surface area (Å²) in [4.78, 5) is 13.8. The Bertz CT molecular complexity index is 242. The fourth-order valence-corrected chi connectivity index (χ4v) is 2.93. The van der Waals surface area contributed by atoms with Crippen molar-refractivity contribution in [2.24, 2.45) is 11.8 Å². The molecule has 3 nitrogen and oxygen atoms in total. The van der Waals surface area contributed by atoms with E-state index in [2.05, 4.69) is 24.1 Å². The second kappa shape index (κ2) is 4.52. The molecule has 2 aliphatic rings. The van der Waals surface area contributed by atoms with Gasteiger partial charge in [-0.05, 0) is 24.7 Å². The van der Waals surface area contributed by atoms with Gasteiger partial charge < -0.3 is 4.90 Å². The molecule has 15 heavy (non-hydrogen) atoms. The van der Waals surface area contributed by atoms with E-state index in [0.29, 0.717) is 18.6 Å². The molecule has 1 aliphatic heterocycles. The lowest BCUT2D eigenvalue weighted by molar-refractivity contribution is -0.128. The molecule has 0 spiro atoms. The fraction of sp³-hybridized carbons (Fsp3) is 0.917. The van der Waals surface area contributed by atoms with E-state index in [9.17, 15) is 4.79 Å². The van der Waals surface area contributed by atoms with Crippen molar-refractivity contribution in [1.82, 2.24) is 10.2 Å². The van der Waals surface area contributed by atoms with Gasteiger partial charge in [-0.1, -0.05) is 26.7 Å². The third-order valence-electron chi connectivity index (χ3n) is 4.04. The van der Waals surface area contributed by atoms with E-state index < -0.39 is 0 Å². The van der Waals surface area contributed by atoms with Gasteiger partial charge in [0, 0.05) is 6.54 Å². The molecular weight excluding hydrogens is 188 g/mol. The Morgan fingerprint density at radius 2 is 2.27 bits per heavy atom. The number of hydrogen-bond donors (Lipinski definition) is 1. The maximum absolute atomic E-state index is 11.7. The van der Waals surface area contributed by atoms with Crippen molar-refractivity contribution in [3.8, 4) is 0 Å². The van der Waals surface area contributed by atoms with E-state index in [-0.39, 0.29) is 0 Å². The molecule has 0 bridgehead atoms. The number of carbonyl (C=O) groups is 1. The first-order chi connectivity index (χ1) is 7.22. The summed E-state index contributed by atoms with van der Waals surface area (Å²) in [5, 5.41) is 3.27. The Balaban J connectivity index is 1.94. The minimum absolute atomic E-state index is 0.293. The third-order valence-corrected chi connectivity index (χ3v) is 4.04. The maximum atomic E-state index is 11.7. The first-order valence-corrected chi connectivity index (χ1v) is 6.25. The molecule has 1 saturated carbocycles. The zero-order valence-corrected chi connectivity index (χ0v) is 9.83. The second-order valence-electron chi connectivity index (χ2n) is 5.02. The molecule has 0 aromatic heterocycles. The fourth-order valence-electron chi connectivity index (χ4n) is 2.93. The molecule has 0 aromatic carbocycles. The van der Waals surface area contributed by atoms with Crippen LogP contribution in [0.1, 0.15) is 39.5 Å². The molecule has 0 radical (unpaired) electrons. The van der Waals surface area contributed by atoms with Crippen LogP contribution in [0.2, 0.25) is 0 Å². The Labute approximate surface area is 92.2 Å². The quantitative estimate of drug-likeness (QED) is 0.767. The first kappa shape index (κ1) is 10.9. The molecule has 0 aromatic rings. The van der Waals surface area contributed by atoms with Crippen LogP contribution in [0.15, 0.2) is 0 Å². The summed E-state index contributed by atoms with van der Waals surface area (Å²) in [5.41, 5.74) is 0. The summed E-state index contributed by atoms with van der Waals surface area (Å²) in [6.07, 6.45) is 5.31. The number of rotatable bonds is 3. The van der Waals surface area contributed by atoms with Gasteiger partial charge in [0.2, 0.25) is 5.91 Å². The van der Waals surface area contributed by atoms with E-state index in [0.717, 1.165) is 24.8 Å². The smallest absolute Gasteiger partial charge is 0.237 e. The van der Waals surface area contributed by atoms with E-state index >= 15 is 0 Å². The van der Waals surface area contributed by atoms with E-state index in [1.54, 1.807) is 0 Å². The molecule has 3 unspecified atom stereocenters. The van der Waals surface area contributed by atoms with Crippen molar-refractivity contribution >= 4 is 5.91 Å². The van der Waals surface area contributed by atoms with E-state index in [4.69, 9.17) is 0 Å². The normalized spacial score (nSPS) is 36.5. The van der Waals surface area contributed by atoms with Crippen molar-refractivity contribution in [3.05, 3.63) is 0 Å². The van der Waals surface area contributed by atoms with Crippen molar-refractivity contribution in [2.75, 3.05) is 13.1 Å². The van der Waals surface area contributed by atoms with Crippen LogP contribution in [-0.2, 0) is 4.79 Å². The lowest BCUT2D eigenvalue weighted by atomic mass is 9.97. The molecule has 1 heterocycles. The molecule has 1 amide bonds. The van der Waals surface area contributed by atoms with Crippen LogP contribution in [-0.4, -0.2) is 30.1 Å². The highest BCUT2D eigenvalue weighted by Gasteiger charge is 2.33. The highest BCUT2D eigenvalue weighted by molar-refractivity contribution is 5.80. The zero-order valence-electron chi connectivity index (χ0n) is 9.83. The number of carbonyl (C=O) groups excluding carboxylic acids is 1. The van der Waals surface area contributed by atoms with Crippen molar-refractivity contribution in [2.45, 2.75) is 45.7 Å². The molecule has 2 rings (SSSR count).